The van der Waals surface area contributed by atoms with Crippen LogP contribution in [0.1, 0.15) is 76.3 Å². The first-order chi connectivity index (χ1) is 18.6. The topological polar surface area (TPSA) is 95.8 Å². The van der Waals surface area contributed by atoms with Crippen LogP contribution in [0.25, 0.3) is 11.3 Å². The highest BCUT2D eigenvalue weighted by Crippen LogP contribution is 2.42. The normalized spacial score (nSPS) is 19.8. The minimum Gasteiger partial charge on any atom is -0.414 e. The number of nitriles is 1. The van der Waals surface area contributed by atoms with Crippen molar-refractivity contribution in [3.8, 4) is 17.3 Å². The van der Waals surface area contributed by atoms with Crippen LogP contribution in [-0.4, -0.2) is 35.4 Å². The molecule has 0 bridgehead atoms. The number of aromatic nitrogens is 3. The van der Waals surface area contributed by atoms with Gasteiger partial charge in [0.1, 0.15) is 17.5 Å². The molecule has 7 nitrogen and oxygen atoms in total. The van der Waals surface area contributed by atoms with Crippen LogP contribution in [0.3, 0.4) is 0 Å². The lowest BCUT2D eigenvalue weighted by atomic mass is 9.93. The first-order valence-electron chi connectivity index (χ1n) is 14.2. The lowest BCUT2D eigenvalue weighted by Gasteiger charge is -2.41. The van der Waals surface area contributed by atoms with Gasteiger partial charge in [-0.2, -0.15) is 5.26 Å². The molecule has 8 heteroatoms. The fraction of sp³-hybridized carbons (Fsp3) is 0.484. The number of anilines is 3. The molecule has 2 aliphatic rings. The van der Waals surface area contributed by atoms with Gasteiger partial charge in [-0.25, -0.2) is 15.0 Å². The van der Waals surface area contributed by atoms with E-state index in [1.54, 1.807) is 18.3 Å². The molecule has 0 radical (unpaired) electrons. The quantitative estimate of drug-likeness (QED) is 0.282. The Morgan fingerprint density at radius 1 is 0.923 bits per heavy atom. The van der Waals surface area contributed by atoms with Crippen LogP contribution in [-0.2, 0) is 4.43 Å². The average molecular weight is 541 g/mol. The van der Waals surface area contributed by atoms with Crippen molar-refractivity contribution in [3.05, 3.63) is 59.9 Å². The molecule has 0 aromatic carbocycles. The second-order valence-corrected chi connectivity index (χ2v) is 17.3. The third-order valence-corrected chi connectivity index (χ3v) is 12.9. The summed E-state index contributed by atoms with van der Waals surface area (Å²) < 4.78 is 6.66. The summed E-state index contributed by atoms with van der Waals surface area (Å²) in [6.45, 7) is 11.6. The Bertz CT molecular complexity index is 1330. The van der Waals surface area contributed by atoms with Crippen molar-refractivity contribution >= 4 is 25.8 Å². The van der Waals surface area contributed by atoms with Crippen LogP contribution in [0.4, 0.5) is 17.5 Å². The third kappa shape index (κ3) is 6.84. The number of nitrogens with zero attached hydrogens (tertiary/aromatic N) is 4. The minimum atomic E-state index is -1.72. The monoisotopic (exact) mass is 540 g/mol. The van der Waals surface area contributed by atoms with E-state index >= 15 is 0 Å². The number of rotatable bonds is 8. The Hall–Kier alpha value is -3.28. The molecule has 0 spiro atoms. The zero-order valence-corrected chi connectivity index (χ0v) is 24.8. The molecule has 39 heavy (non-hydrogen) atoms. The van der Waals surface area contributed by atoms with Gasteiger partial charge in [0, 0.05) is 30.1 Å². The molecular formula is C31H40N6OSi. The summed E-state index contributed by atoms with van der Waals surface area (Å²) in [4.78, 5) is 13.9. The molecule has 204 valence electrons. The smallest absolute Gasteiger partial charge is 0.192 e. The highest BCUT2D eigenvalue weighted by Gasteiger charge is 2.39. The summed E-state index contributed by atoms with van der Waals surface area (Å²) in [6.07, 6.45) is 10.7. The molecule has 2 N–H and O–H groups in total. The molecule has 0 saturated heterocycles. The maximum atomic E-state index is 9.21. The zero-order valence-electron chi connectivity index (χ0n) is 23.8. The highest BCUT2D eigenvalue weighted by molar-refractivity contribution is 6.74. The summed E-state index contributed by atoms with van der Waals surface area (Å²) >= 11 is 0. The minimum absolute atomic E-state index is 0.247. The predicted molar refractivity (Wildman–Crippen MR) is 160 cm³/mol. The molecule has 2 fully saturated rings. The summed E-state index contributed by atoms with van der Waals surface area (Å²) in [5.41, 5.74) is 3.71. The van der Waals surface area contributed by atoms with Gasteiger partial charge in [-0.1, -0.05) is 20.8 Å². The second kappa shape index (κ2) is 11.1. The van der Waals surface area contributed by atoms with Crippen molar-refractivity contribution in [2.75, 3.05) is 10.6 Å². The predicted octanol–water partition coefficient (Wildman–Crippen LogP) is 7.78. The van der Waals surface area contributed by atoms with E-state index in [0.717, 1.165) is 48.6 Å². The lowest BCUT2D eigenvalue weighted by Crippen LogP contribution is -2.45. The zero-order chi connectivity index (χ0) is 27.6. The van der Waals surface area contributed by atoms with Crippen molar-refractivity contribution in [1.82, 2.24) is 15.0 Å². The molecule has 5 rings (SSSR count). The number of hydrogen-bond donors (Lipinski definition) is 2. The van der Waals surface area contributed by atoms with Crippen LogP contribution in [0.5, 0.6) is 0 Å². The van der Waals surface area contributed by atoms with Crippen molar-refractivity contribution in [1.29, 1.82) is 5.26 Å². The Morgan fingerprint density at radius 3 is 2.33 bits per heavy atom. The fourth-order valence-corrected chi connectivity index (χ4v) is 6.30. The third-order valence-electron chi connectivity index (χ3n) is 8.39. The Balaban J connectivity index is 1.23. The van der Waals surface area contributed by atoms with E-state index in [2.05, 4.69) is 79.8 Å². The van der Waals surface area contributed by atoms with Crippen LogP contribution in [0, 0.1) is 11.3 Å². The van der Waals surface area contributed by atoms with Crippen molar-refractivity contribution < 1.29 is 4.43 Å². The largest absolute Gasteiger partial charge is 0.414 e. The van der Waals surface area contributed by atoms with E-state index in [1.165, 1.54) is 18.4 Å². The van der Waals surface area contributed by atoms with Crippen molar-refractivity contribution in [2.45, 2.75) is 95.5 Å². The number of pyridine rings is 3. The first kappa shape index (κ1) is 27.3. The van der Waals surface area contributed by atoms with Crippen LogP contribution >= 0.6 is 0 Å². The van der Waals surface area contributed by atoms with E-state index in [-0.39, 0.29) is 5.04 Å². The van der Waals surface area contributed by atoms with Gasteiger partial charge in [-0.15, -0.1) is 0 Å². The maximum absolute atomic E-state index is 9.21. The van der Waals surface area contributed by atoms with Crippen LogP contribution < -0.4 is 10.6 Å². The Labute approximate surface area is 233 Å². The van der Waals surface area contributed by atoms with Gasteiger partial charge in [0.15, 0.2) is 8.32 Å². The second-order valence-electron chi connectivity index (χ2n) is 12.5. The molecule has 3 heterocycles. The molecule has 0 amide bonds. The summed E-state index contributed by atoms with van der Waals surface area (Å²) in [7, 11) is -1.72. The van der Waals surface area contributed by atoms with Crippen LogP contribution in [0.15, 0.2) is 48.8 Å². The lowest BCUT2D eigenvalue weighted by molar-refractivity contribution is 0.133. The fourth-order valence-electron chi connectivity index (χ4n) is 4.87. The molecule has 0 unspecified atom stereocenters. The summed E-state index contributed by atoms with van der Waals surface area (Å²) in [6, 6.07) is 14.4. The highest BCUT2D eigenvalue weighted by atomic mass is 28.4. The summed E-state index contributed by atoms with van der Waals surface area (Å²) in [5, 5.41) is 16.4. The van der Waals surface area contributed by atoms with Crippen molar-refractivity contribution in [3.63, 3.8) is 0 Å². The van der Waals surface area contributed by atoms with Crippen molar-refractivity contribution in [2.24, 2.45) is 0 Å². The molecule has 2 saturated carbocycles. The van der Waals surface area contributed by atoms with Gasteiger partial charge in [0.2, 0.25) is 0 Å². The van der Waals surface area contributed by atoms with Gasteiger partial charge in [0.05, 0.1) is 17.3 Å². The molecular weight excluding hydrogens is 500 g/mol. The van der Waals surface area contributed by atoms with E-state index < -0.39 is 8.32 Å². The molecule has 2 aliphatic carbocycles. The van der Waals surface area contributed by atoms with Gasteiger partial charge < -0.3 is 15.1 Å². The molecule has 3 aromatic rings. The van der Waals surface area contributed by atoms with E-state index in [9.17, 15) is 5.26 Å². The SMILES string of the molecule is CC(C)(C)[Si](C)(C)O[C@H]1CC[C@H](Nc2ccc(-c3cc(C4CC4)cc(Nc4cc(C#N)ccn4)n3)cn2)CC1. The van der Waals surface area contributed by atoms with E-state index in [0.29, 0.717) is 29.4 Å². The van der Waals surface area contributed by atoms with Gasteiger partial charge in [-0.3, -0.25) is 0 Å². The maximum Gasteiger partial charge on any atom is 0.192 e. The van der Waals surface area contributed by atoms with Gasteiger partial charge in [-0.05, 0) is 105 Å². The number of hydrogen-bond acceptors (Lipinski definition) is 7. The Kier molecular flexibility index (Phi) is 7.74. The number of nitrogens with one attached hydrogen (secondary N) is 2. The van der Waals surface area contributed by atoms with Gasteiger partial charge in [0.25, 0.3) is 0 Å². The average Bonchev–Trinajstić information content (AvgIpc) is 3.75. The molecule has 3 aromatic heterocycles. The molecule has 0 atom stereocenters. The van der Waals surface area contributed by atoms with Crippen LogP contribution in [0.2, 0.25) is 18.1 Å². The molecule has 0 aliphatic heterocycles. The van der Waals surface area contributed by atoms with Gasteiger partial charge >= 0.3 is 0 Å². The van der Waals surface area contributed by atoms with E-state index in [1.807, 2.05) is 6.20 Å². The first-order valence-corrected chi connectivity index (χ1v) is 17.1. The standard InChI is InChI=1S/C31H40N6OSi/c1-31(2,3)39(4,5)38-26-11-9-25(10-12-26)35-28-13-8-23(20-34-28)27-17-24(22-6-7-22)18-30(36-27)37-29-16-21(19-32)14-15-33-29/h8,13-18,20,22,25-26H,6-7,9-12H2,1-5H3,(H,34,35)(H,33,36,37)/t25-,26-. The summed E-state index contributed by atoms with van der Waals surface area (Å²) in [5.74, 6) is 2.83. The Morgan fingerprint density at radius 2 is 1.69 bits per heavy atom. The van der Waals surface area contributed by atoms with E-state index in [4.69, 9.17) is 14.4 Å².